The SMILES string of the molecule is [CH]1NC[N]S1. The molecule has 0 aromatic rings. The van der Waals surface area contributed by atoms with Crippen LogP contribution in [0.25, 0.3) is 0 Å². The van der Waals surface area contributed by atoms with Crippen LogP contribution in [-0.4, -0.2) is 6.67 Å². The van der Waals surface area contributed by atoms with Gasteiger partial charge >= 0.3 is 0 Å². The van der Waals surface area contributed by atoms with Crippen LogP contribution in [0.2, 0.25) is 0 Å². The van der Waals surface area contributed by atoms with E-state index in [2.05, 4.69) is 10.0 Å². The van der Waals surface area contributed by atoms with Crippen molar-refractivity contribution in [2.24, 2.45) is 0 Å². The van der Waals surface area contributed by atoms with Crippen molar-refractivity contribution in [3.05, 3.63) is 5.88 Å². The predicted octanol–water partition coefficient (Wildman–Crippen LogP) is -0.0810. The standard InChI is InChI=1S/C2H4N2S/c1-3-2-5-4-1/h2-3H,1H2. The van der Waals surface area contributed by atoms with Crippen LogP contribution in [0.4, 0.5) is 0 Å². The molecule has 1 aliphatic heterocycles. The van der Waals surface area contributed by atoms with E-state index in [1.54, 1.807) is 0 Å². The summed E-state index contributed by atoms with van der Waals surface area (Å²) in [5, 5.41) is 2.89. The highest BCUT2D eigenvalue weighted by Gasteiger charge is 1.95. The molecule has 1 rings (SSSR count). The second kappa shape index (κ2) is 1.64. The van der Waals surface area contributed by atoms with Gasteiger partial charge in [-0.2, -0.15) is 4.72 Å². The van der Waals surface area contributed by atoms with Gasteiger partial charge in [0.25, 0.3) is 0 Å². The minimum absolute atomic E-state index is 0.782. The van der Waals surface area contributed by atoms with Crippen LogP contribution in [0.15, 0.2) is 0 Å². The van der Waals surface area contributed by atoms with Gasteiger partial charge in [0.2, 0.25) is 0 Å². The lowest BCUT2D eigenvalue weighted by Crippen LogP contribution is -2.03. The van der Waals surface area contributed by atoms with E-state index in [4.69, 9.17) is 0 Å². The molecule has 0 spiro atoms. The summed E-state index contributed by atoms with van der Waals surface area (Å²) >= 11 is 1.46. The van der Waals surface area contributed by atoms with Gasteiger partial charge in [-0.15, -0.1) is 0 Å². The first kappa shape index (κ1) is 3.46. The van der Waals surface area contributed by atoms with Crippen LogP contribution < -0.4 is 10.0 Å². The monoisotopic (exact) mass is 88.0 g/mol. The molecule has 0 unspecified atom stereocenters. The maximum Gasteiger partial charge on any atom is 0.0969 e. The van der Waals surface area contributed by atoms with Crippen molar-refractivity contribution in [3.8, 4) is 0 Å². The van der Waals surface area contributed by atoms with Crippen LogP contribution in [0.1, 0.15) is 0 Å². The molecule has 2 nitrogen and oxygen atoms in total. The Morgan fingerprint density at radius 3 is 3.20 bits per heavy atom. The Labute approximate surface area is 35.5 Å². The zero-order valence-electron chi connectivity index (χ0n) is 2.64. The van der Waals surface area contributed by atoms with E-state index in [1.807, 2.05) is 5.88 Å². The van der Waals surface area contributed by atoms with Crippen molar-refractivity contribution in [2.75, 3.05) is 6.67 Å². The highest BCUT2D eigenvalue weighted by Crippen LogP contribution is 2.00. The first-order valence-electron chi connectivity index (χ1n) is 1.38. The van der Waals surface area contributed by atoms with Crippen LogP contribution in [0.5, 0.6) is 0 Å². The van der Waals surface area contributed by atoms with Gasteiger partial charge in [-0.3, -0.25) is 5.32 Å². The van der Waals surface area contributed by atoms with Gasteiger partial charge in [-0.1, -0.05) is 0 Å². The van der Waals surface area contributed by atoms with Gasteiger partial charge < -0.3 is 0 Å². The normalized spacial score (nSPS) is 24.0. The average Bonchev–Trinajstić information content (AvgIpc) is 1.76. The van der Waals surface area contributed by atoms with Gasteiger partial charge in [0.05, 0.1) is 12.5 Å². The lowest BCUT2D eigenvalue weighted by molar-refractivity contribution is 0.851. The highest BCUT2D eigenvalue weighted by molar-refractivity contribution is 7.99. The summed E-state index contributed by atoms with van der Waals surface area (Å²) in [6.45, 7) is 0.782. The molecule has 1 N–H and O–H groups in total. The molecule has 0 saturated carbocycles. The average molecular weight is 88.1 g/mol. The molecule has 0 amide bonds. The summed E-state index contributed by atoms with van der Waals surface area (Å²) in [6, 6.07) is 0. The molecular formula is C2H4N2S. The van der Waals surface area contributed by atoms with E-state index >= 15 is 0 Å². The van der Waals surface area contributed by atoms with E-state index in [0.29, 0.717) is 0 Å². The molecule has 0 bridgehead atoms. The first-order chi connectivity index (χ1) is 2.50. The minimum Gasteiger partial charge on any atom is -0.287 e. The van der Waals surface area contributed by atoms with E-state index in [1.165, 1.54) is 11.9 Å². The fraction of sp³-hybridized carbons (Fsp3) is 0.500. The molecule has 1 saturated heterocycles. The molecule has 0 atom stereocenters. The van der Waals surface area contributed by atoms with E-state index in [-0.39, 0.29) is 0 Å². The van der Waals surface area contributed by atoms with Crippen molar-refractivity contribution >= 4 is 11.9 Å². The fourth-order valence-corrected chi connectivity index (χ4v) is 0.559. The van der Waals surface area contributed by atoms with Crippen LogP contribution in [-0.2, 0) is 0 Å². The molecular weight excluding hydrogens is 84.1 g/mol. The maximum absolute atomic E-state index is 3.83. The van der Waals surface area contributed by atoms with Gasteiger partial charge in [0.15, 0.2) is 0 Å². The molecule has 0 aromatic heterocycles. The third-order valence-corrected chi connectivity index (χ3v) is 0.917. The molecule has 1 fully saturated rings. The lowest BCUT2D eigenvalue weighted by atomic mass is 11.1. The Morgan fingerprint density at radius 1 is 2.00 bits per heavy atom. The molecule has 1 heterocycles. The summed E-state index contributed by atoms with van der Waals surface area (Å²) in [6.07, 6.45) is 0. The topological polar surface area (TPSA) is 26.1 Å². The van der Waals surface area contributed by atoms with E-state index in [9.17, 15) is 0 Å². The third-order valence-electron chi connectivity index (χ3n) is 0.366. The number of rotatable bonds is 0. The summed E-state index contributed by atoms with van der Waals surface area (Å²) in [4.78, 5) is 0. The summed E-state index contributed by atoms with van der Waals surface area (Å²) in [7, 11) is 0. The van der Waals surface area contributed by atoms with Gasteiger partial charge in [0, 0.05) is 0 Å². The lowest BCUT2D eigenvalue weighted by Gasteiger charge is -1.71. The van der Waals surface area contributed by atoms with Gasteiger partial charge in [-0.25, -0.2) is 0 Å². The van der Waals surface area contributed by atoms with Crippen molar-refractivity contribution < 1.29 is 0 Å². The summed E-state index contributed by atoms with van der Waals surface area (Å²) < 4.78 is 3.83. The number of nitrogens with one attached hydrogen (secondary N) is 1. The zero-order chi connectivity index (χ0) is 3.54. The van der Waals surface area contributed by atoms with Crippen molar-refractivity contribution in [1.82, 2.24) is 10.0 Å². The van der Waals surface area contributed by atoms with Crippen molar-refractivity contribution in [2.45, 2.75) is 0 Å². The van der Waals surface area contributed by atoms with Gasteiger partial charge in [-0.05, 0) is 11.9 Å². The molecule has 0 aromatic carbocycles. The van der Waals surface area contributed by atoms with E-state index < -0.39 is 0 Å². The highest BCUT2D eigenvalue weighted by atomic mass is 32.2. The Bertz CT molecular complexity index is 19.2. The van der Waals surface area contributed by atoms with E-state index in [0.717, 1.165) is 6.67 Å². The summed E-state index contributed by atoms with van der Waals surface area (Å²) in [5.74, 6) is 1.86. The van der Waals surface area contributed by atoms with Crippen molar-refractivity contribution in [3.63, 3.8) is 0 Å². The maximum atomic E-state index is 3.83. The van der Waals surface area contributed by atoms with Crippen LogP contribution >= 0.6 is 11.9 Å². The summed E-state index contributed by atoms with van der Waals surface area (Å²) in [5.41, 5.74) is 0. The van der Waals surface area contributed by atoms with Crippen LogP contribution in [0.3, 0.4) is 0 Å². The fourth-order valence-electron chi connectivity index (χ4n) is 0.186. The number of nitrogens with zero attached hydrogens (tertiary/aromatic N) is 1. The molecule has 28 valence electrons. The Balaban J connectivity index is 2.08. The predicted molar refractivity (Wildman–Crippen MR) is 22.0 cm³/mol. The Hall–Kier alpha value is 0.270. The van der Waals surface area contributed by atoms with Crippen LogP contribution in [0, 0.1) is 5.88 Å². The zero-order valence-corrected chi connectivity index (χ0v) is 3.46. The smallest absolute Gasteiger partial charge is 0.0969 e. The first-order valence-corrected chi connectivity index (χ1v) is 2.21. The second-order valence-corrected chi connectivity index (χ2v) is 1.42. The van der Waals surface area contributed by atoms with Crippen molar-refractivity contribution in [1.29, 1.82) is 0 Å². The molecule has 2 radical (unpaired) electrons. The largest absolute Gasteiger partial charge is 0.287 e. The molecule has 3 heteroatoms. The number of hydrogen-bond acceptors (Lipinski definition) is 2. The third kappa shape index (κ3) is 0.792. The second-order valence-electron chi connectivity index (χ2n) is 0.715. The number of hydrogen-bond donors (Lipinski definition) is 1. The minimum atomic E-state index is 0.782. The van der Waals surface area contributed by atoms with Gasteiger partial charge in [0.1, 0.15) is 0 Å². The quantitative estimate of drug-likeness (QED) is 0.419. The molecule has 0 aliphatic carbocycles. The Morgan fingerprint density at radius 2 is 3.00 bits per heavy atom. The molecule has 5 heavy (non-hydrogen) atoms. The Kier molecular flexibility index (Phi) is 1.14. The molecule has 1 aliphatic rings.